The van der Waals surface area contributed by atoms with Crippen LogP contribution in [-0.2, 0) is 6.18 Å². The summed E-state index contributed by atoms with van der Waals surface area (Å²) in [5, 5.41) is 5.40. The second-order valence-electron chi connectivity index (χ2n) is 5.96. The predicted octanol–water partition coefficient (Wildman–Crippen LogP) is 7.00. The molecule has 8 heteroatoms. The molecule has 1 aromatic heterocycles. The van der Waals surface area contributed by atoms with Crippen LogP contribution in [0.4, 0.5) is 29.7 Å². The standard InChI is InChI=1S/C20H20F3N3S.BrH/c1-3-26(4-2)17-10-8-14(9-11-17)18-13-27-19(25-18)24-16-7-5-6-15(12-16)20(21,22)23;/h5-13H,3-4H2,1-2H3,(H,24,25);1H. The maximum atomic E-state index is 12.8. The summed E-state index contributed by atoms with van der Waals surface area (Å²) in [5.74, 6) is 0. The first-order valence-electron chi connectivity index (χ1n) is 8.66. The lowest BCUT2D eigenvalue weighted by Gasteiger charge is -2.20. The highest BCUT2D eigenvalue weighted by Gasteiger charge is 2.30. The SMILES string of the molecule is Br.CCN(CC)c1ccc(-c2csc(Nc3cccc(C(F)(F)F)c3)n2)cc1. The second kappa shape index (κ2) is 9.43. The van der Waals surface area contributed by atoms with Gasteiger partial charge in [0.05, 0.1) is 11.3 Å². The summed E-state index contributed by atoms with van der Waals surface area (Å²) < 4.78 is 38.5. The summed E-state index contributed by atoms with van der Waals surface area (Å²) in [6, 6.07) is 13.2. The van der Waals surface area contributed by atoms with E-state index >= 15 is 0 Å². The number of anilines is 3. The monoisotopic (exact) mass is 471 g/mol. The molecule has 150 valence electrons. The van der Waals surface area contributed by atoms with E-state index in [1.165, 1.54) is 17.4 Å². The Bertz CT molecular complexity index is 890. The number of benzene rings is 2. The van der Waals surface area contributed by atoms with Crippen LogP contribution >= 0.6 is 28.3 Å². The van der Waals surface area contributed by atoms with Gasteiger partial charge in [0.1, 0.15) is 0 Å². The zero-order chi connectivity index (χ0) is 19.4. The third kappa shape index (κ3) is 5.26. The molecule has 0 amide bonds. The molecule has 3 nitrogen and oxygen atoms in total. The van der Waals surface area contributed by atoms with E-state index in [2.05, 4.69) is 41.2 Å². The van der Waals surface area contributed by atoms with Crippen LogP contribution in [0.5, 0.6) is 0 Å². The molecule has 0 radical (unpaired) electrons. The summed E-state index contributed by atoms with van der Waals surface area (Å²) in [7, 11) is 0. The van der Waals surface area contributed by atoms with Crippen molar-refractivity contribution < 1.29 is 13.2 Å². The van der Waals surface area contributed by atoms with Gasteiger partial charge in [0, 0.05) is 35.4 Å². The molecule has 1 N–H and O–H groups in total. The number of thiazole rings is 1. The molecule has 0 saturated heterocycles. The Morgan fingerprint density at radius 1 is 1.04 bits per heavy atom. The van der Waals surface area contributed by atoms with Gasteiger partial charge in [0.25, 0.3) is 0 Å². The third-order valence-corrected chi connectivity index (χ3v) is 4.99. The predicted molar refractivity (Wildman–Crippen MR) is 116 cm³/mol. The summed E-state index contributed by atoms with van der Waals surface area (Å²) >= 11 is 1.36. The van der Waals surface area contributed by atoms with Gasteiger partial charge in [0.15, 0.2) is 5.13 Å². The van der Waals surface area contributed by atoms with E-state index in [0.717, 1.165) is 42.2 Å². The summed E-state index contributed by atoms with van der Waals surface area (Å²) in [4.78, 5) is 6.75. The van der Waals surface area contributed by atoms with Crippen LogP contribution in [-0.4, -0.2) is 18.1 Å². The number of nitrogens with one attached hydrogen (secondary N) is 1. The fourth-order valence-electron chi connectivity index (χ4n) is 2.79. The molecule has 1 heterocycles. The molecule has 2 aromatic carbocycles. The third-order valence-electron chi connectivity index (χ3n) is 4.24. The van der Waals surface area contributed by atoms with Gasteiger partial charge in [-0.25, -0.2) is 4.98 Å². The Hall–Kier alpha value is -2.06. The van der Waals surface area contributed by atoms with Gasteiger partial charge in [0.2, 0.25) is 0 Å². The molecule has 0 bridgehead atoms. The molecule has 3 aromatic rings. The van der Waals surface area contributed by atoms with Crippen LogP contribution in [0, 0.1) is 0 Å². The number of rotatable bonds is 6. The quantitative estimate of drug-likeness (QED) is 0.419. The summed E-state index contributed by atoms with van der Waals surface area (Å²) in [6.45, 7) is 6.11. The van der Waals surface area contributed by atoms with Crippen molar-refractivity contribution in [2.24, 2.45) is 0 Å². The van der Waals surface area contributed by atoms with E-state index in [1.54, 1.807) is 6.07 Å². The molecule has 0 unspecified atom stereocenters. The highest BCUT2D eigenvalue weighted by Crippen LogP contribution is 2.33. The van der Waals surface area contributed by atoms with Crippen LogP contribution in [0.1, 0.15) is 19.4 Å². The van der Waals surface area contributed by atoms with Gasteiger partial charge in [-0.1, -0.05) is 18.2 Å². The largest absolute Gasteiger partial charge is 0.416 e. The minimum atomic E-state index is -4.36. The van der Waals surface area contributed by atoms with Gasteiger partial charge in [-0.3, -0.25) is 0 Å². The lowest BCUT2D eigenvalue weighted by atomic mass is 10.1. The lowest BCUT2D eigenvalue weighted by Crippen LogP contribution is -2.21. The Kier molecular flexibility index (Phi) is 7.48. The first-order valence-corrected chi connectivity index (χ1v) is 9.54. The van der Waals surface area contributed by atoms with E-state index in [4.69, 9.17) is 0 Å². The van der Waals surface area contributed by atoms with E-state index < -0.39 is 11.7 Å². The van der Waals surface area contributed by atoms with Crippen molar-refractivity contribution in [2.45, 2.75) is 20.0 Å². The van der Waals surface area contributed by atoms with Crippen LogP contribution < -0.4 is 10.2 Å². The maximum absolute atomic E-state index is 12.8. The van der Waals surface area contributed by atoms with E-state index in [1.807, 2.05) is 17.5 Å². The van der Waals surface area contributed by atoms with Crippen molar-refractivity contribution >= 4 is 44.8 Å². The molecule has 0 saturated carbocycles. The molecular formula is C20H21BrF3N3S. The Balaban J connectivity index is 0.00000280. The number of hydrogen-bond acceptors (Lipinski definition) is 4. The molecule has 0 atom stereocenters. The van der Waals surface area contributed by atoms with Crippen LogP contribution in [0.15, 0.2) is 53.9 Å². The fraction of sp³-hybridized carbons (Fsp3) is 0.250. The second-order valence-corrected chi connectivity index (χ2v) is 6.82. The first-order chi connectivity index (χ1) is 12.9. The van der Waals surface area contributed by atoms with Gasteiger partial charge in [-0.15, -0.1) is 28.3 Å². The molecule has 0 aliphatic heterocycles. The van der Waals surface area contributed by atoms with Crippen LogP contribution in [0.2, 0.25) is 0 Å². The van der Waals surface area contributed by atoms with E-state index in [-0.39, 0.29) is 17.0 Å². The van der Waals surface area contributed by atoms with Gasteiger partial charge in [-0.05, 0) is 44.2 Å². The number of aromatic nitrogens is 1. The van der Waals surface area contributed by atoms with Crippen molar-refractivity contribution in [1.29, 1.82) is 0 Å². The molecule has 0 aliphatic rings. The first kappa shape index (κ1) is 22.2. The van der Waals surface area contributed by atoms with Crippen molar-refractivity contribution in [1.82, 2.24) is 4.98 Å². The zero-order valence-electron chi connectivity index (χ0n) is 15.5. The topological polar surface area (TPSA) is 28.2 Å². The van der Waals surface area contributed by atoms with Gasteiger partial charge >= 0.3 is 6.18 Å². The van der Waals surface area contributed by atoms with Gasteiger partial charge in [-0.2, -0.15) is 13.2 Å². The zero-order valence-corrected chi connectivity index (χ0v) is 18.0. The highest BCUT2D eigenvalue weighted by molar-refractivity contribution is 8.93. The number of hydrogen-bond donors (Lipinski definition) is 1. The van der Waals surface area contributed by atoms with E-state index in [0.29, 0.717) is 10.8 Å². The average molecular weight is 472 g/mol. The fourth-order valence-corrected chi connectivity index (χ4v) is 3.53. The number of alkyl halides is 3. The molecule has 0 spiro atoms. The minimum absolute atomic E-state index is 0. The van der Waals surface area contributed by atoms with Gasteiger partial charge < -0.3 is 10.2 Å². The lowest BCUT2D eigenvalue weighted by molar-refractivity contribution is -0.137. The van der Waals surface area contributed by atoms with E-state index in [9.17, 15) is 13.2 Å². The average Bonchev–Trinajstić information content (AvgIpc) is 3.11. The van der Waals surface area contributed by atoms with Crippen molar-refractivity contribution in [3.8, 4) is 11.3 Å². The number of halogens is 4. The molecular weight excluding hydrogens is 451 g/mol. The molecule has 0 fully saturated rings. The maximum Gasteiger partial charge on any atom is 0.416 e. The Morgan fingerprint density at radius 3 is 2.32 bits per heavy atom. The van der Waals surface area contributed by atoms with Crippen molar-refractivity contribution in [2.75, 3.05) is 23.3 Å². The smallest absolute Gasteiger partial charge is 0.372 e. The minimum Gasteiger partial charge on any atom is -0.372 e. The Labute approximate surface area is 177 Å². The normalized spacial score (nSPS) is 11.0. The summed E-state index contributed by atoms with van der Waals surface area (Å²) in [6.07, 6.45) is -4.36. The molecule has 28 heavy (non-hydrogen) atoms. The Morgan fingerprint density at radius 2 is 1.71 bits per heavy atom. The summed E-state index contributed by atoms with van der Waals surface area (Å²) in [5.41, 5.74) is 2.60. The van der Waals surface area contributed by atoms with Crippen molar-refractivity contribution in [3.05, 3.63) is 59.5 Å². The van der Waals surface area contributed by atoms with Crippen molar-refractivity contribution in [3.63, 3.8) is 0 Å². The molecule has 0 aliphatic carbocycles. The highest BCUT2D eigenvalue weighted by atomic mass is 79.9. The molecule has 3 rings (SSSR count). The van der Waals surface area contributed by atoms with Crippen LogP contribution in [0.25, 0.3) is 11.3 Å². The number of nitrogens with zero attached hydrogens (tertiary/aromatic N) is 2. The van der Waals surface area contributed by atoms with Crippen LogP contribution in [0.3, 0.4) is 0 Å².